The van der Waals surface area contributed by atoms with Crippen molar-refractivity contribution in [3.05, 3.63) is 35.9 Å². The molecule has 3 rings (SSSR count). The molecule has 27 heavy (non-hydrogen) atoms. The van der Waals surface area contributed by atoms with Crippen LogP contribution in [0.4, 0.5) is 0 Å². The Hall–Kier alpha value is -1.34. The first-order valence-corrected chi connectivity index (χ1v) is 9.18. The monoisotopic (exact) mass is 416 g/mol. The normalized spacial score (nSPS) is 18.9. The first kappa shape index (κ1) is 23.7. The van der Waals surface area contributed by atoms with Gasteiger partial charge in [-0.25, -0.2) is 0 Å². The Morgan fingerprint density at radius 3 is 2.19 bits per heavy atom. The summed E-state index contributed by atoms with van der Waals surface area (Å²) in [5, 5.41) is 2.95. The number of carbonyl (C=O) groups is 2. The van der Waals surface area contributed by atoms with Gasteiger partial charge < -0.3 is 16.0 Å². The highest BCUT2D eigenvalue weighted by Crippen LogP contribution is 2.29. The Balaban J connectivity index is 0.00000182. The molecule has 0 spiro atoms. The van der Waals surface area contributed by atoms with Crippen LogP contribution in [0.1, 0.15) is 31.2 Å². The summed E-state index contributed by atoms with van der Waals surface area (Å²) >= 11 is 0. The first-order chi connectivity index (χ1) is 12.1. The number of piperazine rings is 1. The number of amides is 2. The van der Waals surface area contributed by atoms with E-state index in [4.69, 9.17) is 5.73 Å². The molecule has 2 amide bonds. The summed E-state index contributed by atoms with van der Waals surface area (Å²) in [5.74, 6) is 0.118. The maximum Gasteiger partial charge on any atom is 0.242 e. The van der Waals surface area contributed by atoms with Gasteiger partial charge in [-0.15, -0.1) is 24.8 Å². The Kier molecular flexibility index (Phi) is 9.53. The van der Waals surface area contributed by atoms with E-state index >= 15 is 0 Å². The maximum absolute atomic E-state index is 12.6. The third-order valence-electron chi connectivity index (χ3n) is 5.28. The second kappa shape index (κ2) is 10.9. The molecule has 1 saturated carbocycles. The summed E-state index contributed by atoms with van der Waals surface area (Å²) in [6.07, 6.45) is 3.69. The predicted molar refractivity (Wildman–Crippen MR) is 111 cm³/mol. The second-order valence-corrected chi connectivity index (χ2v) is 7.19. The molecule has 152 valence electrons. The highest BCUT2D eigenvalue weighted by Gasteiger charge is 2.40. The van der Waals surface area contributed by atoms with Crippen molar-refractivity contribution in [2.45, 2.75) is 37.8 Å². The Morgan fingerprint density at radius 2 is 1.59 bits per heavy atom. The number of hydrogen-bond donors (Lipinski definition) is 2. The van der Waals surface area contributed by atoms with Crippen LogP contribution >= 0.6 is 24.8 Å². The summed E-state index contributed by atoms with van der Waals surface area (Å²) in [4.78, 5) is 28.7. The highest BCUT2D eigenvalue weighted by atomic mass is 35.5. The van der Waals surface area contributed by atoms with Crippen molar-refractivity contribution >= 4 is 36.6 Å². The number of nitrogens with one attached hydrogen (secondary N) is 1. The zero-order valence-electron chi connectivity index (χ0n) is 15.6. The quantitative estimate of drug-likeness (QED) is 0.763. The van der Waals surface area contributed by atoms with E-state index in [1.165, 1.54) is 0 Å². The van der Waals surface area contributed by atoms with Gasteiger partial charge in [0.1, 0.15) is 0 Å². The van der Waals surface area contributed by atoms with Crippen molar-refractivity contribution in [2.24, 2.45) is 5.73 Å². The van der Waals surface area contributed by atoms with Gasteiger partial charge in [0.25, 0.3) is 0 Å². The number of nitrogens with zero attached hydrogens (tertiary/aromatic N) is 2. The topological polar surface area (TPSA) is 78.7 Å². The lowest BCUT2D eigenvalue weighted by atomic mass is 9.97. The molecule has 1 heterocycles. The van der Waals surface area contributed by atoms with Gasteiger partial charge >= 0.3 is 0 Å². The Morgan fingerprint density at radius 1 is 1.00 bits per heavy atom. The average molecular weight is 417 g/mol. The molecule has 3 N–H and O–H groups in total. The molecule has 8 heteroatoms. The van der Waals surface area contributed by atoms with Crippen molar-refractivity contribution in [3.8, 4) is 0 Å². The summed E-state index contributed by atoms with van der Waals surface area (Å²) in [6, 6.07) is 9.88. The van der Waals surface area contributed by atoms with Crippen LogP contribution in [0.15, 0.2) is 30.3 Å². The summed E-state index contributed by atoms with van der Waals surface area (Å²) in [7, 11) is 0. The molecule has 2 aliphatic rings. The van der Waals surface area contributed by atoms with Gasteiger partial charge in [-0.3, -0.25) is 14.5 Å². The zero-order chi connectivity index (χ0) is 17.7. The van der Waals surface area contributed by atoms with E-state index in [9.17, 15) is 9.59 Å². The van der Waals surface area contributed by atoms with Crippen molar-refractivity contribution in [1.29, 1.82) is 0 Å². The molecule has 0 aromatic heterocycles. The van der Waals surface area contributed by atoms with Gasteiger partial charge in [-0.2, -0.15) is 0 Å². The second-order valence-electron chi connectivity index (χ2n) is 7.19. The molecule has 6 nitrogen and oxygen atoms in total. The van der Waals surface area contributed by atoms with E-state index in [2.05, 4.69) is 10.2 Å². The molecular formula is C19H30Cl2N4O2. The largest absolute Gasteiger partial charge is 0.351 e. The highest BCUT2D eigenvalue weighted by molar-refractivity contribution is 5.86. The van der Waals surface area contributed by atoms with Crippen LogP contribution in [0.3, 0.4) is 0 Å². The van der Waals surface area contributed by atoms with Gasteiger partial charge in [0.15, 0.2) is 0 Å². The van der Waals surface area contributed by atoms with Gasteiger partial charge in [0.05, 0.1) is 12.1 Å². The predicted octanol–water partition coefficient (Wildman–Crippen LogP) is 1.56. The van der Waals surface area contributed by atoms with Crippen LogP contribution < -0.4 is 11.1 Å². The third kappa shape index (κ3) is 6.35. The lowest BCUT2D eigenvalue weighted by Gasteiger charge is -2.38. The van der Waals surface area contributed by atoms with Crippen LogP contribution in [-0.4, -0.2) is 59.9 Å². The molecule has 2 fully saturated rings. The lowest BCUT2D eigenvalue weighted by molar-refractivity contribution is -0.138. The number of halogens is 2. The van der Waals surface area contributed by atoms with E-state index < -0.39 is 5.54 Å². The minimum absolute atomic E-state index is 0. The standard InChI is InChI=1S/C19H28N4O2.2ClH/c20-19(8-4-5-9-19)18(25)23-12-10-22(11-13-23)15-17(24)21-14-16-6-2-1-3-7-16;;/h1-3,6-7H,4-5,8-15,20H2,(H,21,24);2*1H. The molecule has 1 aromatic rings. The van der Waals surface area contributed by atoms with Gasteiger partial charge in [0.2, 0.25) is 11.8 Å². The minimum atomic E-state index is -0.644. The molecule has 1 aliphatic carbocycles. The summed E-state index contributed by atoms with van der Waals surface area (Å²) in [6.45, 7) is 3.69. The fraction of sp³-hybridized carbons (Fsp3) is 0.579. The average Bonchev–Trinajstić information content (AvgIpc) is 3.09. The molecule has 0 bridgehead atoms. The van der Waals surface area contributed by atoms with Gasteiger partial charge in [-0.05, 0) is 18.4 Å². The van der Waals surface area contributed by atoms with E-state index in [1.807, 2.05) is 35.2 Å². The number of rotatable bonds is 5. The first-order valence-electron chi connectivity index (χ1n) is 9.18. The lowest BCUT2D eigenvalue weighted by Crippen LogP contribution is -2.59. The van der Waals surface area contributed by atoms with E-state index in [0.717, 1.165) is 44.3 Å². The van der Waals surface area contributed by atoms with Crippen LogP contribution in [0.5, 0.6) is 0 Å². The minimum Gasteiger partial charge on any atom is -0.351 e. The van der Waals surface area contributed by atoms with E-state index in [1.54, 1.807) is 0 Å². The van der Waals surface area contributed by atoms with Crippen molar-refractivity contribution < 1.29 is 9.59 Å². The molecule has 0 radical (unpaired) electrons. The molecule has 0 unspecified atom stereocenters. The fourth-order valence-electron chi connectivity index (χ4n) is 3.70. The SMILES string of the molecule is Cl.Cl.NC1(C(=O)N2CCN(CC(=O)NCc3ccccc3)CC2)CCCC1. The van der Waals surface area contributed by atoms with Crippen LogP contribution in [0.25, 0.3) is 0 Å². The third-order valence-corrected chi connectivity index (χ3v) is 5.28. The van der Waals surface area contributed by atoms with Crippen molar-refractivity contribution in [2.75, 3.05) is 32.7 Å². The smallest absolute Gasteiger partial charge is 0.242 e. The Labute approximate surface area is 173 Å². The summed E-state index contributed by atoms with van der Waals surface area (Å²) in [5.41, 5.74) is 6.72. The van der Waals surface area contributed by atoms with Gasteiger partial charge in [-0.1, -0.05) is 43.2 Å². The van der Waals surface area contributed by atoms with E-state index in [0.29, 0.717) is 26.2 Å². The number of hydrogen-bond acceptors (Lipinski definition) is 4. The van der Waals surface area contributed by atoms with Crippen LogP contribution in [0.2, 0.25) is 0 Å². The van der Waals surface area contributed by atoms with E-state index in [-0.39, 0.29) is 36.6 Å². The number of benzene rings is 1. The number of carbonyl (C=O) groups excluding carboxylic acids is 2. The van der Waals surface area contributed by atoms with Crippen molar-refractivity contribution in [1.82, 2.24) is 15.1 Å². The van der Waals surface area contributed by atoms with Crippen LogP contribution in [0, 0.1) is 0 Å². The molecule has 1 aliphatic heterocycles. The number of nitrogens with two attached hydrogens (primary N) is 1. The molecular weight excluding hydrogens is 387 g/mol. The molecule has 0 atom stereocenters. The van der Waals surface area contributed by atoms with Crippen molar-refractivity contribution in [3.63, 3.8) is 0 Å². The maximum atomic E-state index is 12.6. The van der Waals surface area contributed by atoms with Gasteiger partial charge in [0, 0.05) is 32.7 Å². The summed E-state index contributed by atoms with van der Waals surface area (Å²) < 4.78 is 0. The zero-order valence-corrected chi connectivity index (χ0v) is 17.2. The fourth-order valence-corrected chi connectivity index (χ4v) is 3.70. The molecule has 1 saturated heterocycles. The van der Waals surface area contributed by atoms with Crippen LogP contribution in [-0.2, 0) is 16.1 Å². The Bertz CT molecular complexity index is 601. The molecule has 1 aromatic carbocycles.